The van der Waals surface area contributed by atoms with Gasteiger partial charge in [0.1, 0.15) is 5.82 Å². The summed E-state index contributed by atoms with van der Waals surface area (Å²) in [7, 11) is 0. The molecule has 0 N–H and O–H groups in total. The van der Waals surface area contributed by atoms with E-state index in [4.69, 9.17) is 0 Å². The van der Waals surface area contributed by atoms with Crippen molar-refractivity contribution in [1.29, 1.82) is 0 Å². The van der Waals surface area contributed by atoms with Gasteiger partial charge in [-0.3, -0.25) is 4.98 Å². The van der Waals surface area contributed by atoms with Crippen LogP contribution in [0.25, 0.3) is 0 Å². The first-order valence-corrected chi connectivity index (χ1v) is 6.06. The summed E-state index contributed by atoms with van der Waals surface area (Å²) in [6.07, 6.45) is 5.41. The molecule has 0 unspecified atom stereocenters. The van der Waals surface area contributed by atoms with E-state index < -0.39 is 0 Å². The van der Waals surface area contributed by atoms with E-state index in [-0.39, 0.29) is 5.82 Å². The summed E-state index contributed by atoms with van der Waals surface area (Å²) in [5.74, 6) is -0.204. The van der Waals surface area contributed by atoms with Gasteiger partial charge >= 0.3 is 0 Å². The van der Waals surface area contributed by atoms with Crippen molar-refractivity contribution in [3.8, 4) is 0 Å². The highest BCUT2D eigenvalue weighted by Crippen LogP contribution is 2.20. The fourth-order valence-electron chi connectivity index (χ4n) is 1.64. The average Bonchev–Trinajstić information content (AvgIpc) is 2.76. The largest absolute Gasteiger partial charge is 0.370 e. The van der Waals surface area contributed by atoms with Gasteiger partial charge in [0.2, 0.25) is 0 Å². The minimum Gasteiger partial charge on any atom is -0.370 e. The molecule has 1 aliphatic rings. The molecular formula is C13H21FN2. The molecule has 1 fully saturated rings. The Morgan fingerprint density at radius 1 is 1.31 bits per heavy atom. The second-order valence-corrected chi connectivity index (χ2v) is 4.16. The van der Waals surface area contributed by atoms with Gasteiger partial charge in [-0.1, -0.05) is 20.3 Å². The number of hydrogen-bond acceptors (Lipinski definition) is 2. The molecule has 1 aliphatic heterocycles. The third-order valence-electron chi connectivity index (χ3n) is 2.48. The van der Waals surface area contributed by atoms with E-state index in [1.54, 1.807) is 19.2 Å². The summed E-state index contributed by atoms with van der Waals surface area (Å²) in [6.45, 7) is 8.00. The van der Waals surface area contributed by atoms with Crippen molar-refractivity contribution < 1.29 is 4.39 Å². The maximum absolute atomic E-state index is 13.1. The van der Waals surface area contributed by atoms with Gasteiger partial charge in [-0.25, -0.2) is 4.39 Å². The number of halogens is 1. The molecule has 0 spiro atoms. The van der Waals surface area contributed by atoms with Gasteiger partial charge in [0.15, 0.2) is 0 Å². The standard InChI is InChI=1S/C10H13FN2.C3H8/c1-8-10(11)6-9(7-12-8)13-4-2-3-5-13;1-3-2/h6-7H,2-5H2,1H3;3H2,1-2H3. The zero-order valence-electron chi connectivity index (χ0n) is 10.5. The zero-order chi connectivity index (χ0) is 12.0. The highest BCUT2D eigenvalue weighted by molar-refractivity contribution is 5.45. The molecule has 0 aromatic carbocycles. The van der Waals surface area contributed by atoms with Crippen molar-refractivity contribution in [1.82, 2.24) is 4.98 Å². The lowest BCUT2D eigenvalue weighted by molar-refractivity contribution is 0.609. The smallest absolute Gasteiger partial charge is 0.146 e. The van der Waals surface area contributed by atoms with Crippen molar-refractivity contribution in [2.45, 2.75) is 40.0 Å². The number of pyridine rings is 1. The summed E-state index contributed by atoms with van der Waals surface area (Å²) in [6, 6.07) is 1.58. The van der Waals surface area contributed by atoms with Crippen molar-refractivity contribution in [2.75, 3.05) is 18.0 Å². The molecule has 0 radical (unpaired) electrons. The van der Waals surface area contributed by atoms with Crippen LogP contribution in [-0.4, -0.2) is 18.1 Å². The first-order chi connectivity index (χ1) is 7.69. The Bertz CT molecular complexity index is 320. The Labute approximate surface area is 97.5 Å². The summed E-state index contributed by atoms with van der Waals surface area (Å²) in [4.78, 5) is 6.18. The maximum atomic E-state index is 13.1. The van der Waals surface area contributed by atoms with Crippen LogP contribution in [0.5, 0.6) is 0 Å². The second kappa shape index (κ2) is 6.46. The molecule has 0 aliphatic carbocycles. The van der Waals surface area contributed by atoms with E-state index in [0.717, 1.165) is 18.8 Å². The molecule has 16 heavy (non-hydrogen) atoms. The van der Waals surface area contributed by atoms with E-state index >= 15 is 0 Å². The summed E-state index contributed by atoms with van der Waals surface area (Å²) in [5.41, 5.74) is 1.39. The average molecular weight is 224 g/mol. The van der Waals surface area contributed by atoms with Crippen LogP contribution >= 0.6 is 0 Å². The highest BCUT2D eigenvalue weighted by Gasteiger charge is 2.13. The van der Waals surface area contributed by atoms with Crippen LogP contribution < -0.4 is 4.90 Å². The molecule has 1 aromatic rings. The van der Waals surface area contributed by atoms with Crippen molar-refractivity contribution in [2.24, 2.45) is 0 Å². The number of hydrogen-bond donors (Lipinski definition) is 0. The van der Waals surface area contributed by atoms with Gasteiger partial charge in [-0.2, -0.15) is 0 Å². The Hall–Kier alpha value is -1.12. The minimum absolute atomic E-state index is 0.204. The molecule has 0 atom stereocenters. The zero-order valence-corrected chi connectivity index (χ0v) is 10.5. The van der Waals surface area contributed by atoms with Crippen LogP contribution in [0.4, 0.5) is 10.1 Å². The van der Waals surface area contributed by atoms with E-state index in [2.05, 4.69) is 23.7 Å². The molecule has 2 rings (SSSR count). The molecule has 1 saturated heterocycles. The van der Waals surface area contributed by atoms with Gasteiger partial charge in [0, 0.05) is 19.2 Å². The van der Waals surface area contributed by atoms with E-state index in [1.807, 2.05) is 0 Å². The number of nitrogens with zero attached hydrogens (tertiary/aromatic N) is 2. The van der Waals surface area contributed by atoms with Gasteiger partial charge in [0.25, 0.3) is 0 Å². The predicted molar refractivity (Wildman–Crippen MR) is 66.3 cm³/mol. The number of aromatic nitrogens is 1. The molecular weight excluding hydrogens is 203 g/mol. The lowest BCUT2D eigenvalue weighted by atomic mass is 10.3. The molecule has 0 amide bonds. The SMILES string of the molecule is CCC.Cc1ncc(N2CCCC2)cc1F. The fraction of sp³-hybridized carbons (Fsp3) is 0.615. The normalized spacial score (nSPS) is 14.6. The van der Waals surface area contributed by atoms with Gasteiger partial charge in [0.05, 0.1) is 17.6 Å². The molecule has 0 bridgehead atoms. The summed E-state index contributed by atoms with van der Waals surface area (Å²) in [5, 5.41) is 0. The van der Waals surface area contributed by atoms with Crippen LogP contribution in [-0.2, 0) is 0 Å². The quantitative estimate of drug-likeness (QED) is 0.725. The van der Waals surface area contributed by atoms with E-state index in [9.17, 15) is 4.39 Å². The molecule has 90 valence electrons. The predicted octanol–water partition coefficient (Wildman–Crippen LogP) is 3.55. The Balaban J connectivity index is 0.000000386. The molecule has 2 nitrogen and oxygen atoms in total. The molecule has 1 aromatic heterocycles. The maximum Gasteiger partial charge on any atom is 0.146 e. The highest BCUT2D eigenvalue weighted by atomic mass is 19.1. The summed E-state index contributed by atoms with van der Waals surface area (Å²) >= 11 is 0. The van der Waals surface area contributed by atoms with Crippen molar-refractivity contribution >= 4 is 5.69 Å². The van der Waals surface area contributed by atoms with Crippen LogP contribution in [0.2, 0.25) is 0 Å². The fourth-order valence-corrected chi connectivity index (χ4v) is 1.64. The second-order valence-electron chi connectivity index (χ2n) is 4.16. The topological polar surface area (TPSA) is 16.1 Å². The van der Waals surface area contributed by atoms with Gasteiger partial charge in [-0.05, 0) is 19.8 Å². The van der Waals surface area contributed by atoms with Crippen LogP contribution in [0.15, 0.2) is 12.3 Å². The number of rotatable bonds is 1. The van der Waals surface area contributed by atoms with E-state index in [1.165, 1.54) is 19.3 Å². The van der Waals surface area contributed by atoms with Crippen molar-refractivity contribution in [3.05, 3.63) is 23.8 Å². The van der Waals surface area contributed by atoms with Crippen molar-refractivity contribution in [3.63, 3.8) is 0 Å². The number of anilines is 1. The van der Waals surface area contributed by atoms with Crippen LogP contribution in [0.1, 0.15) is 38.8 Å². The monoisotopic (exact) mass is 224 g/mol. The number of aryl methyl sites for hydroxylation is 1. The van der Waals surface area contributed by atoms with Gasteiger partial charge < -0.3 is 4.90 Å². The minimum atomic E-state index is -0.204. The molecule has 0 saturated carbocycles. The Kier molecular flexibility index (Phi) is 5.23. The molecule has 3 heteroatoms. The third-order valence-corrected chi connectivity index (χ3v) is 2.48. The lowest BCUT2D eigenvalue weighted by Gasteiger charge is -2.16. The lowest BCUT2D eigenvalue weighted by Crippen LogP contribution is -2.18. The molecule has 2 heterocycles. The van der Waals surface area contributed by atoms with Crippen LogP contribution in [0, 0.1) is 12.7 Å². The van der Waals surface area contributed by atoms with E-state index in [0.29, 0.717) is 5.69 Å². The van der Waals surface area contributed by atoms with Gasteiger partial charge in [-0.15, -0.1) is 0 Å². The summed E-state index contributed by atoms with van der Waals surface area (Å²) < 4.78 is 13.1. The first-order valence-electron chi connectivity index (χ1n) is 6.06. The first kappa shape index (κ1) is 12.9. The third kappa shape index (κ3) is 3.47. The van der Waals surface area contributed by atoms with Crippen LogP contribution in [0.3, 0.4) is 0 Å². The Morgan fingerprint density at radius 2 is 1.88 bits per heavy atom. The Morgan fingerprint density at radius 3 is 2.38 bits per heavy atom.